The minimum atomic E-state index is 0.652. The number of nitrogens with zero attached hydrogens (tertiary/aromatic N) is 4. The van der Waals surface area contributed by atoms with E-state index in [2.05, 4.69) is 138 Å². The molecule has 4 nitrogen and oxygen atoms in total. The van der Waals surface area contributed by atoms with Crippen LogP contribution >= 0.6 is 11.3 Å². The van der Waals surface area contributed by atoms with Gasteiger partial charge in [0, 0.05) is 44.6 Å². The molecule has 0 radical (unpaired) electrons. The lowest BCUT2D eigenvalue weighted by Gasteiger charge is -2.11. The highest BCUT2D eigenvalue weighted by Crippen LogP contribution is 2.39. The molecule has 0 saturated carbocycles. The molecule has 7 aromatic carbocycles. The van der Waals surface area contributed by atoms with Crippen molar-refractivity contribution in [3.05, 3.63) is 146 Å². The van der Waals surface area contributed by atoms with Crippen molar-refractivity contribution in [1.82, 2.24) is 19.9 Å². The molecule has 0 amide bonds. The van der Waals surface area contributed by atoms with Crippen LogP contribution in [0.5, 0.6) is 0 Å². The van der Waals surface area contributed by atoms with Crippen LogP contribution in [0, 0.1) is 0 Å². The Morgan fingerprint density at radius 2 is 0.915 bits per heavy atom. The Kier molecular flexibility index (Phi) is 5.71. The van der Waals surface area contributed by atoms with Gasteiger partial charge in [-0.3, -0.25) is 4.98 Å². The van der Waals surface area contributed by atoms with Crippen molar-refractivity contribution in [2.24, 2.45) is 0 Å². The number of fused-ring (bicyclic) bond motifs is 9. The fourth-order valence-corrected chi connectivity index (χ4v) is 8.01. The van der Waals surface area contributed by atoms with E-state index in [0.717, 1.165) is 32.8 Å². The van der Waals surface area contributed by atoms with Crippen molar-refractivity contribution < 1.29 is 0 Å². The zero-order valence-electron chi connectivity index (χ0n) is 25.1. The normalized spacial score (nSPS) is 11.8. The minimum absolute atomic E-state index is 0.652. The molecule has 0 unspecified atom stereocenters. The van der Waals surface area contributed by atoms with E-state index in [4.69, 9.17) is 15.0 Å². The highest BCUT2D eigenvalue weighted by atomic mass is 32.1. The first-order valence-electron chi connectivity index (χ1n) is 15.6. The molecule has 0 aliphatic carbocycles. The number of pyridine rings is 1. The zero-order valence-corrected chi connectivity index (χ0v) is 25.9. The molecule has 3 heterocycles. The summed E-state index contributed by atoms with van der Waals surface area (Å²) in [5, 5.41) is 12.1. The van der Waals surface area contributed by atoms with Crippen LogP contribution in [0.2, 0.25) is 0 Å². The summed E-state index contributed by atoms with van der Waals surface area (Å²) in [6.07, 6.45) is 3.82. The molecule has 0 saturated heterocycles. The van der Waals surface area contributed by atoms with Gasteiger partial charge >= 0.3 is 0 Å². The van der Waals surface area contributed by atoms with Gasteiger partial charge in [-0.15, -0.1) is 11.3 Å². The second-order valence-electron chi connectivity index (χ2n) is 11.9. The van der Waals surface area contributed by atoms with E-state index in [0.29, 0.717) is 17.5 Å². The van der Waals surface area contributed by atoms with Crippen LogP contribution in [0.15, 0.2) is 146 Å². The van der Waals surface area contributed by atoms with Crippen LogP contribution < -0.4 is 0 Å². The van der Waals surface area contributed by atoms with Gasteiger partial charge in [0.15, 0.2) is 17.5 Å². The molecule has 0 spiro atoms. The topological polar surface area (TPSA) is 51.6 Å². The summed E-state index contributed by atoms with van der Waals surface area (Å²) in [4.78, 5) is 19.6. The van der Waals surface area contributed by atoms with Crippen LogP contribution in [0.4, 0.5) is 0 Å². The Morgan fingerprint density at radius 3 is 1.70 bits per heavy atom. The summed E-state index contributed by atoms with van der Waals surface area (Å²) in [7, 11) is 0. The smallest absolute Gasteiger partial charge is 0.164 e. The van der Waals surface area contributed by atoms with Gasteiger partial charge < -0.3 is 0 Å². The highest BCUT2D eigenvalue weighted by Gasteiger charge is 2.15. The van der Waals surface area contributed by atoms with Crippen molar-refractivity contribution in [3.63, 3.8) is 0 Å². The Bertz CT molecular complexity index is 2870. The summed E-state index contributed by atoms with van der Waals surface area (Å²) in [5.41, 5.74) is 2.87. The largest absolute Gasteiger partial charge is 0.263 e. The van der Waals surface area contributed by atoms with Gasteiger partial charge in [-0.25, -0.2) is 15.0 Å². The first-order valence-corrected chi connectivity index (χ1v) is 16.4. The van der Waals surface area contributed by atoms with Gasteiger partial charge in [-0.2, -0.15) is 0 Å². The van der Waals surface area contributed by atoms with Crippen LogP contribution in [-0.4, -0.2) is 19.9 Å². The van der Waals surface area contributed by atoms with Gasteiger partial charge in [0.05, 0.1) is 4.70 Å². The third-order valence-electron chi connectivity index (χ3n) is 9.16. The molecule has 10 aromatic rings. The summed E-state index contributed by atoms with van der Waals surface area (Å²) in [6.45, 7) is 0. The van der Waals surface area contributed by atoms with Crippen molar-refractivity contribution in [3.8, 4) is 34.2 Å². The average molecular weight is 617 g/mol. The maximum absolute atomic E-state index is 5.11. The van der Waals surface area contributed by atoms with Crippen LogP contribution in [0.1, 0.15) is 0 Å². The second-order valence-corrected chi connectivity index (χ2v) is 13.0. The molecule has 0 atom stereocenters. The number of hydrogen-bond donors (Lipinski definition) is 0. The van der Waals surface area contributed by atoms with Crippen molar-refractivity contribution in [2.75, 3.05) is 0 Å². The van der Waals surface area contributed by atoms with Gasteiger partial charge in [-0.05, 0) is 67.4 Å². The van der Waals surface area contributed by atoms with Crippen molar-refractivity contribution >= 4 is 74.6 Å². The summed E-state index contributed by atoms with van der Waals surface area (Å²) in [5.74, 6) is 1.96. The lowest BCUT2D eigenvalue weighted by molar-refractivity contribution is 1.08. The number of hydrogen-bond acceptors (Lipinski definition) is 5. The predicted molar refractivity (Wildman–Crippen MR) is 197 cm³/mol. The zero-order chi connectivity index (χ0) is 30.9. The van der Waals surface area contributed by atoms with E-state index in [1.165, 1.54) is 47.1 Å². The van der Waals surface area contributed by atoms with Crippen LogP contribution in [0.3, 0.4) is 0 Å². The monoisotopic (exact) mass is 616 g/mol. The molecule has 0 bridgehead atoms. The summed E-state index contributed by atoms with van der Waals surface area (Å²) in [6, 6.07) is 47.2. The quantitative estimate of drug-likeness (QED) is 0.185. The highest BCUT2D eigenvalue weighted by molar-refractivity contribution is 7.26. The Hall–Kier alpha value is -6.04. The van der Waals surface area contributed by atoms with E-state index in [1.54, 1.807) is 11.3 Å². The maximum Gasteiger partial charge on any atom is 0.164 e. The number of aromatic nitrogens is 4. The van der Waals surface area contributed by atoms with E-state index < -0.39 is 0 Å². The predicted octanol–water partition coefficient (Wildman–Crippen LogP) is 11.2. The molecule has 10 rings (SSSR count). The van der Waals surface area contributed by atoms with Crippen molar-refractivity contribution in [1.29, 1.82) is 0 Å². The molecule has 47 heavy (non-hydrogen) atoms. The van der Waals surface area contributed by atoms with Crippen LogP contribution in [-0.2, 0) is 0 Å². The van der Waals surface area contributed by atoms with E-state index in [1.807, 2.05) is 12.4 Å². The molecule has 218 valence electrons. The third-order valence-corrected chi connectivity index (χ3v) is 10.4. The van der Waals surface area contributed by atoms with Gasteiger partial charge in [-0.1, -0.05) is 109 Å². The first kappa shape index (κ1) is 26.2. The van der Waals surface area contributed by atoms with Gasteiger partial charge in [0.1, 0.15) is 0 Å². The van der Waals surface area contributed by atoms with E-state index >= 15 is 0 Å². The Labute approximate surface area is 273 Å². The molecule has 0 aliphatic rings. The molecular weight excluding hydrogens is 593 g/mol. The summed E-state index contributed by atoms with van der Waals surface area (Å²) >= 11 is 1.79. The van der Waals surface area contributed by atoms with Crippen LogP contribution in [0.25, 0.3) is 97.4 Å². The SMILES string of the molecule is c1ccc2cc(-c3nc(-c4ccc5c(ccc6ccccc65)c4)nc(-c4ccc5c(ccc6c7ccncc7sc56)c4)n3)ccc2c1. The van der Waals surface area contributed by atoms with Gasteiger partial charge in [0.25, 0.3) is 0 Å². The molecule has 5 heteroatoms. The molecule has 0 aliphatic heterocycles. The standard InChI is InChI=1S/C42H24N4S/c1-2-7-27-21-30(12-9-25(27)5-1)40-44-41(31-14-16-34-28(22-31)11-10-26-6-3-4-8-33(26)34)46-42(45-40)32-15-17-35-29(23-32)13-18-37-36-19-20-43-24-38(36)47-39(35)37/h1-24H. The third kappa shape index (κ3) is 4.28. The minimum Gasteiger partial charge on any atom is -0.263 e. The molecular formula is C42H24N4S. The average Bonchev–Trinajstić information content (AvgIpc) is 3.53. The fourth-order valence-electron chi connectivity index (χ4n) is 6.80. The van der Waals surface area contributed by atoms with E-state index in [9.17, 15) is 0 Å². The maximum atomic E-state index is 5.11. The lowest BCUT2D eigenvalue weighted by Crippen LogP contribution is -2.00. The van der Waals surface area contributed by atoms with Gasteiger partial charge in [0.2, 0.25) is 0 Å². The second kappa shape index (κ2) is 10.2. The Morgan fingerprint density at radius 1 is 0.383 bits per heavy atom. The number of thiophene rings is 1. The summed E-state index contributed by atoms with van der Waals surface area (Å²) < 4.78 is 2.47. The van der Waals surface area contributed by atoms with E-state index in [-0.39, 0.29) is 0 Å². The number of rotatable bonds is 3. The molecule has 0 N–H and O–H groups in total. The fraction of sp³-hybridized carbons (Fsp3) is 0. The first-order chi connectivity index (χ1) is 23.2. The lowest BCUT2D eigenvalue weighted by atomic mass is 10.00. The Balaban J connectivity index is 1.17. The molecule has 3 aromatic heterocycles. The van der Waals surface area contributed by atoms with Crippen molar-refractivity contribution in [2.45, 2.75) is 0 Å². The molecule has 0 fully saturated rings. The number of benzene rings is 7.